The summed E-state index contributed by atoms with van der Waals surface area (Å²) in [6.07, 6.45) is -4.62. The summed E-state index contributed by atoms with van der Waals surface area (Å²) in [5.41, 5.74) is -2.15. The Hall–Kier alpha value is -2.09. The van der Waals surface area contributed by atoms with Gasteiger partial charge in [-0.1, -0.05) is 12.1 Å². The molecule has 1 aliphatic heterocycles. The van der Waals surface area contributed by atoms with Crippen molar-refractivity contribution in [1.82, 2.24) is 4.90 Å². The SMILES string of the molecule is O=C(Cc1ccc(C(F)(F)F)cc1)N1CCC(O)(C(=O)O)CC1. The van der Waals surface area contributed by atoms with Crippen LogP contribution in [0.2, 0.25) is 0 Å². The fourth-order valence-electron chi connectivity index (χ4n) is 2.44. The first kappa shape index (κ1) is 17.3. The Labute approximate surface area is 130 Å². The van der Waals surface area contributed by atoms with Crippen molar-refractivity contribution < 1.29 is 33.0 Å². The normalized spacial score (nSPS) is 17.8. The smallest absolute Gasteiger partial charge is 0.416 e. The van der Waals surface area contributed by atoms with Gasteiger partial charge < -0.3 is 15.1 Å². The molecular formula is C15H16F3NO4. The summed E-state index contributed by atoms with van der Waals surface area (Å²) >= 11 is 0. The van der Waals surface area contributed by atoms with Crippen LogP contribution in [0.25, 0.3) is 0 Å². The van der Waals surface area contributed by atoms with Crippen LogP contribution in [-0.4, -0.2) is 45.7 Å². The van der Waals surface area contributed by atoms with E-state index >= 15 is 0 Å². The number of aliphatic hydroxyl groups is 1. The predicted octanol–water partition coefficient (Wildman–Crippen LogP) is 1.69. The van der Waals surface area contributed by atoms with Crippen LogP contribution in [0.1, 0.15) is 24.0 Å². The van der Waals surface area contributed by atoms with Gasteiger partial charge in [-0.15, -0.1) is 0 Å². The van der Waals surface area contributed by atoms with Crippen LogP contribution in [-0.2, 0) is 22.2 Å². The number of amides is 1. The van der Waals surface area contributed by atoms with E-state index in [1.165, 1.54) is 17.0 Å². The molecule has 0 unspecified atom stereocenters. The van der Waals surface area contributed by atoms with Crippen LogP contribution in [0.15, 0.2) is 24.3 Å². The molecule has 5 nitrogen and oxygen atoms in total. The van der Waals surface area contributed by atoms with Crippen LogP contribution in [0.5, 0.6) is 0 Å². The molecule has 0 aromatic heterocycles. The second-order valence-corrected chi connectivity index (χ2v) is 5.59. The molecule has 0 atom stereocenters. The van der Waals surface area contributed by atoms with E-state index in [0.717, 1.165) is 12.1 Å². The monoisotopic (exact) mass is 331 g/mol. The second-order valence-electron chi connectivity index (χ2n) is 5.59. The molecule has 8 heteroatoms. The number of aliphatic carboxylic acids is 1. The summed E-state index contributed by atoms with van der Waals surface area (Å²) in [4.78, 5) is 24.4. The minimum atomic E-state index is -4.42. The standard InChI is InChI=1S/C15H16F3NO4/c16-15(17,18)11-3-1-10(2-4-11)9-12(20)19-7-5-14(23,6-8-19)13(21)22/h1-4,23H,5-9H2,(H,21,22). The van der Waals surface area contributed by atoms with Gasteiger partial charge in [-0.2, -0.15) is 13.2 Å². The lowest BCUT2D eigenvalue weighted by atomic mass is 9.91. The Morgan fingerprint density at radius 3 is 2.09 bits per heavy atom. The van der Waals surface area contributed by atoms with Crippen molar-refractivity contribution in [3.63, 3.8) is 0 Å². The lowest BCUT2D eigenvalue weighted by molar-refractivity contribution is -0.165. The topological polar surface area (TPSA) is 77.8 Å². The number of carboxylic acid groups (broad SMARTS) is 1. The molecule has 2 N–H and O–H groups in total. The number of nitrogens with zero attached hydrogens (tertiary/aromatic N) is 1. The fraction of sp³-hybridized carbons (Fsp3) is 0.467. The summed E-state index contributed by atoms with van der Waals surface area (Å²) in [6.45, 7) is 0.199. The van der Waals surface area contributed by atoms with Crippen LogP contribution < -0.4 is 0 Å². The van der Waals surface area contributed by atoms with Crippen molar-refractivity contribution in [2.24, 2.45) is 0 Å². The Morgan fingerprint density at radius 2 is 1.65 bits per heavy atom. The summed E-state index contributed by atoms with van der Waals surface area (Å²) < 4.78 is 37.4. The first-order valence-electron chi connectivity index (χ1n) is 7.01. The van der Waals surface area contributed by atoms with Gasteiger partial charge >= 0.3 is 12.1 Å². The van der Waals surface area contributed by atoms with E-state index in [1.54, 1.807) is 0 Å². The molecule has 0 aliphatic carbocycles. The molecule has 1 saturated heterocycles. The van der Waals surface area contributed by atoms with Crippen LogP contribution in [0, 0.1) is 0 Å². The van der Waals surface area contributed by atoms with Crippen molar-refractivity contribution in [2.45, 2.75) is 31.0 Å². The maximum absolute atomic E-state index is 12.5. The lowest BCUT2D eigenvalue weighted by Gasteiger charge is -2.35. The number of carbonyl (C=O) groups excluding carboxylic acids is 1. The van der Waals surface area contributed by atoms with E-state index in [1.807, 2.05) is 0 Å². The lowest BCUT2D eigenvalue weighted by Crippen LogP contribution is -2.51. The van der Waals surface area contributed by atoms with Crippen molar-refractivity contribution in [3.8, 4) is 0 Å². The molecule has 0 bridgehead atoms. The molecule has 1 aromatic rings. The highest BCUT2D eigenvalue weighted by Gasteiger charge is 2.40. The number of hydrogen-bond acceptors (Lipinski definition) is 3. The molecule has 1 aromatic carbocycles. The second kappa shape index (κ2) is 6.19. The molecule has 1 amide bonds. The maximum Gasteiger partial charge on any atom is 0.416 e. The fourth-order valence-corrected chi connectivity index (χ4v) is 2.44. The van der Waals surface area contributed by atoms with Gasteiger partial charge in [0.15, 0.2) is 5.60 Å². The predicted molar refractivity (Wildman–Crippen MR) is 73.5 cm³/mol. The van der Waals surface area contributed by atoms with Crippen LogP contribution in [0.4, 0.5) is 13.2 Å². The third-order valence-corrected chi connectivity index (χ3v) is 3.98. The Kier molecular flexibility index (Phi) is 4.65. The number of halogens is 3. The summed E-state index contributed by atoms with van der Waals surface area (Å²) in [7, 11) is 0. The van der Waals surface area contributed by atoms with Crippen molar-refractivity contribution in [2.75, 3.05) is 13.1 Å². The third-order valence-electron chi connectivity index (χ3n) is 3.98. The van der Waals surface area contributed by atoms with Crippen LogP contribution in [0.3, 0.4) is 0 Å². The van der Waals surface area contributed by atoms with Gasteiger partial charge in [-0.05, 0) is 17.7 Å². The van der Waals surface area contributed by atoms with Gasteiger partial charge in [0.25, 0.3) is 0 Å². The molecule has 0 spiro atoms. The number of carboxylic acids is 1. The number of rotatable bonds is 3. The molecular weight excluding hydrogens is 315 g/mol. The highest BCUT2D eigenvalue weighted by molar-refractivity contribution is 5.80. The number of benzene rings is 1. The first-order chi connectivity index (χ1) is 10.6. The average Bonchev–Trinajstić information content (AvgIpc) is 2.47. The summed E-state index contributed by atoms with van der Waals surface area (Å²) in [6, 6.07) is 4.33. The van der Waals surface area contributed by atoms with E-state index in [0.29, 0.717) is 5.56 Å². The average molecular weight is 331 g/mol. The molecule has 0 saturated carbocycles. The number of piperidine rings is 1. The Balaban J connectivity index is 1.94. The molecule has 1 heterocycles. The molecule has 126 valence electrons. The molecule has 1 fully saturated rings. The highest BCUT2D eigenvalue weighted by atomic mass is 19.4. The van der Waals surface area contributed by atoms with Gasteiger partial charge in [-0.3, -0.25) is 4.79 Å². The van der Waals surface area contributed by atoms with Gasteiger partial charge in [0, 0.05) is 25.9 Å². The largest absolute Gasteiger partial charge is 0.479 e. The number of carbonyl (C=O) groups is 2. The Morgan fingerprint density at radius 1 is 1.13 bits per heavy atom. The van der Waals surface area contributed by atoms with Crippen molar-refractivity contribution in [1.29, 1.82) is 0 Å². The summed E-state index contributed by atoms with van der Waals surface area (Å²) in [5.74, 6) is -1.62. The number of likely N-dealkylation sites (tertiary alicyclic amines) is 1. The van der Waals surface area contributed by atoms with Crippen LogP contribution >= 0.6 is 0 Å². The molecule has 1 aliphatic rings. The van der Waals surface area contributed by atoms with E-state index in [4.69, 9.17) is 5.11 Å². The quantitative estimate of drug-likeness (QED) is 0.883. The number of alkyl halides is 3. The van der Waals surface area contributed by atoms with E-state index < -0.39 is 23.3 Å². The minimum Gasteiger partial charge on any atom is -0.479 e. The zero-order valence-corrected chi connectivity index (χ0v) is 12.1. The van der Waals surface area contributed by atoms with E-state index in [-0.39, 0.29) is 38.3 Å². The zero-order chi connectivity index (χ0) is 17.3. The van der Waals surface area contributed by atoms with Gasteiger partial charge in [0.2, 0.25) is 5.91 Å². The number of hydrogen-bond donors (Lipinski definition) is 2. The third kappa shape index (κ3) is 4.01. The van der Waals surface area contributed by atoms with Crippen molar-refractivity contribution in [3.05, 3.63) is 35.4 Å². The van der Waals surface area contributed by atoms with Gasteiger partial charge in [0.05, 0.1) is 12.0 Å². The summed E-state index contributed by atoms with van der Waals surface area (Å²) in [5, 5.41) is 18.7. The van der Waals surface area contributed by atoms with Gasteiger partial charge in [0.1, 0.15) is 0 Å². The van der Waals surface area contributed by atoms with Crippen molar-refractivity contribution >= 4 is 11.9 Å². The highest BCUT2D eigenvalue weighted by Crippen LogP contribution is 2.29. The minimum absolute atomic E-state index is 0.0658. The zero-order valence-electron chi connectivity index (χ0n) is 12.1. The molecule has 23 heavy (non-hydrogen) atoms. The Bertz CT molecular complexity index is 590. The van der Waals surface area contributed by atoms with E-state index in [2.05, 4.69) is 0 Å². The van der Waals surface area contributed by atoms with E-state index in [9.17, 15) is 27.9 Å². The maximum atomic E-state index is 12.5. The van der Waals surface area contributed by atoms with Gasteiger partial charge in [-0.25, -0.2) is 4.79 Å². The molecule has 2 rings (SSSR count). The molecule has 0 radical (unpaired) electrons. The first-order valence-corrected chi connectivity index (χ1v) is 7.01.